The summed E-state index contributed by atoms with van der Waals surface area (Å²) in [6.07, 6.45) is 0.158. The number of nitro groups is 1. The molecular formula is C9H10NO5P. The Balaban J connectivity index is 2.10. The molecule has 1 aliphatic rings. The summed E-state index contributed by atoms with van der Waals surface area (Å²) < 4.78 is 21.9. The van der Waals surface area contributed by atoms with E-state index in [1.807, 2.05) is 0 Å². The lowest BCUT2D eigenvalue weighted by atomic mass is 10.2. The minimum absolute atomic E-state index is 0.00953. The summed E-state index contributed by atoms with van der Waals surface area (Å²) in [6.45, 7) is 0.675. The van der Waals surface area contributed by atoms with Crippen molar-refractivity contribution in [3.8, 4) is 0 Å². The van der Waals surface area contributed by atoms with Crippen LogP contribution < -0.4 is 0 Å². The third-order valence-electron chi connectivity index (χ3n) is 2.18. The summed E-state index contributed by atoms with van der Waals surface area (Å²) in [5, 5.41) is 10.4. The fourth-order valence-corrected chi connectivity index (χ4v) is 3.05. The van der Waals surface area contributed by atoms with Crippen LogP contribution in [-0.4, -0.2) is 18.1 Å². The Morgan fingerprint density at radius 2 is 1.81 bits per heavy atom. The van der Waals surface area contributed by atoms with Gasteiger partial charge < -0.3 is 9.05 Å². The zero-order valence-electron chi connectivity index (χ0n) is 8.37. The Morgan fingerprint density at radius 3 is 2.31 bits per heavy atom. The summed E-state index contributed by atoms with van der Waals surface area (Å²) in [5.74, 6) is 0. The number of hydrogen-bond donors (Lipinski definition) is 0. The molecule has 7 heteroatoms. The average molecular weight is 243 g/mol. The molecule has 0 aliphatic carbocycles. The highest BCUT2D eigenvalue weighted by molar-refractivity contribution is 7.53. The maximum atomic E-state index is 11.8. The van der Waals surface area contributed by atoms with Crippen molar-refractivity contribution in [1.29, 1.82) is 0 Å². The van der Waals surface area contributed by atoms with Gasteiger partial charge in [-0.1, -0.05) is 12.1 Å². The van der Waals surface area contributed by atoms with E-state index in [1.54, 1.807) is 12.1 Å². The Kier molecular flexibility index (Phi) is 3.05. The second kappa shape index (κ2) is 4.33. The van der Waals surface area contributed by atoms with Gasteiger partial charge in [0.2, 0.25) is 0 Å². The van der Waals surface area contributed by atoms with Gasteiger partial charge in [-0.05, 0) is 5.56 Å². The van der Waals surface area contributed by atoms with Crippen LogP contribution in [0, 0.1) is 10.1 Å². The maximum absolute atomic E-state index is 11.8. The van der Waals surface area contributed by atoms with Gasteiger partial charge in [-0.2, -0.15) is 0 Å². The summed E-state index contributed by atoms with van der Waals surface area (Å²) in [4.78, 5) is 9.94. The normalized spacial score (nSPS) is 18.5. The average Bonchev–Trinajstić information content (AvgIpc) is 2.65. The molecule has 0 spiro atoms. The Morgan fingerprint density at radius 1 is 1.25 bits per heavy atom. The molecular weight excluding hydrogens is 233 g/mol. The molecule has 6 nitrogen and oxygen atoms in total. The van der Waals surface area contributed by atoms with Gasteiger partial charge in [0.15, 0.2) is 0 Å². The van der Waals surface area contributed by atoms with Crippen LogP contribution in [0.15, 0.2) is 24.3 Å². The smallest absolute Gasteiger partial charge is 0.306 e. The third kappa shape index (κ3) is 2.47. The Bertz CT molecular complexity index is 434. The molecule has 1 aromatic carbocycles. The molecule has 0 atom stereocenters. The Labute approximate surface area is 91.9 Å². The number of rotatable bonds is 3. The van der Waals surface area contributed by atoms with Crippen LogP contribution in [0.5, 0.6) is 0 Å². The van der Waals surface area contributed by atoms with Crippen LogP contribution in [0.1, 0.15) is 5.56 Å². The predicted molar refractivity (Wildman–Crippen MR) is 56.3 cm³/mol. The maximum Gasteiger partial charge on any atom is 0.335 e. The highest BCUT2D eigenvalue weighted by Crippen LogP contribution is 2.54. The minimum Gasteiger partial charge on any atom is -0.306 e. The number of nitro benzene ring substituents is 1. The minimum atomic E-state index is -3.00. The van der Waals surface area contributed by atoms with E-state index in [1.165, 1.54) is 12.1 Å². The van der Waals surface area contributed by atoms with Crippen LogP contribution in [0.25, 0.3) is 0 Å². The first-order valence-electron chi connectivity index (χ1n) is 4.70. The zero-order chi connectivity index (χ0) is 11.6. The molecule has 1 saturated heterocycles. The van der Waals surface area contributed by atoms with Crippen molar-refractivity contribution in [2.45, 2.75) is 6.16 Å². The van der Waals surface area contributed by atoms with Crippen molar-refractivity contribution in [3.05, 3.63) is 39.9 Å². The number of nitrogens with zero attached hydrogens (tertiary/aromatic N) is 1. The van der Waals surface area contributed by atoms with Gasteiger partial charge in [-0.3, -0.25) is 14.7 Å². The summed E-state index contributed by atoms with van der Waals surface area (Å²) in [7, 11) is -3.00. The van der Waals surface area contributed by atoms with Crippen molar-refractivity contribution < 1.29 is 18.5 Å². The molecule has 1 heterocycles. The van der Waals surface area contributed by atoms with Gasteiger partial charge in [-0.25, -0.2) is 0 Å². The molecule has 0 saturated carbocycles. The first kappa shape index (κ1) is 11.3. The van der Waals surface area contributed by atoms with Gasteiger partial charge in [0.1, 0.15) is 0 Å². The monoisotopic (exact) mass is 243 g/mol. The van der Waals surface area contributed by atoms with Gasteiger partial charge >= 0.3 is 7.60 Å². The lowest BCUT2D eigenvalue weighted by Gasteiger charge is -2.08. The van der Waals surface area contributed by atoms with Crippen LogP contribution in [0.2, 0.25) is 0 Å². The fraction of sp³-hybridized carbons (Fsp3) is 0.333. The second-order valence-electron chi connectivity index (χ2n) is 3.36. The predicted octanol–water partition coefficient (Wildman–Crippen LogP) is 2.33. The second-order valence-corrected chi connectivity index (χ2v) is 5.41. The highest BCUT2D eigenvalue weighted by Gasteiger charge is 2.30. The molecule has 2 rings (SSSR count). The van der Waals surface area contributed by atoms with Gasteiger partial charge in [0, 0.05) is 12.1 Å². The molecule has 0 N–H and O–H groups in total. The topological polar surface area (TPSA) is 78.7 Å². The van der Waals surface area contributed by atoms with Crippen molar-refractivity contribution in [1.82, 2.24) is 0 Å². The molecule has 0 amide bonds. The SMILES string of the molecule is O=[N+]([O-])c1ccc(CP2(=O)OCCO2)cc1. The quantitative estimate of drug-likeness (QED) is 0.462. The van der Waals surface area contributed by atoms with E-state index in [0.29, 0.717) is 18.8 Å². The van der Waals surface area contributed by atoms with Gasteiger partial charge in [-0.15, -0.1) is 0 Å². The number of non-ortho nitro benzene ring substituents is 1. The summed E-state index contributed by atoms with van der Waals surface area (Å²) in [5.41, 5.74) is 0.714. The summed E-state index contributed by atoms with van der Waals surface area (Å²) in [6, 6.07) is 5.86. The summed E-state index contributed by atoms with van der Waals surface area (Å²) >= 11 is 0. The van der Waals surface area contributed by atoms with E-state index in [9.17, 15) is 14.7 Å². The van der Waals surface area contributed by atoms with Crippen LogP contribution >= 0.6 is 7.60 Å². The van der Waals surface area contributed by atoms with Crippen molar-refractivity contribution in [2.24, 2.45) is 0 Å². The van der Waals surface area contributed by atoms with E-state index < -0.39 is 12.5 Å². The number of hydrogen-bond acceptors (Lipinski definition) is 5. The van der Waals surface area contributed by atoms with E-state index >= 15 is 0 Å². The molecule has 0 bridgehead atoms. The van der Waals surface area contributed by atoms with Crippen molar-refractivity contribution in [3.63, 3.8) is 0 Å². The van der Waals surface area contributed by atoms with Crippen molar-refractivity contribution >= 4 is 13.3 Å². The van der Waals surface area contributed by atoms with E-state index in [2.05, 4.69) is 0 Å². The van der Waals surface area contributed by atoms with E-state index in [-0.39, 0.29) is 11.8 Å². The van der Waals surface area contributed by atoms with Crippen LogP contribution in [-0.2, 0) is 19.8 Å². The first-order valence-corrected chi connectivity index (χ1v) is 6.43. The molecule has 16 heavy (non-hydrogen) atoms. The van der Waals surface area contributed by atoms with Crippen LogP contribution in [0.3, 0.4) is 0 Å². The molecule has 1 aromatic rings. The largest absolute Gasteiger partial charge is 0.335 e. The molecule has 1 fully saturated rings. The lowest BCUT2D eigenvalue weighted by Crippen LogP contribution is -1.91. The van der Waals surface area contributed by atoms with E-state index in [4.69, 9.17) is 9.05 Å². The molecule has 1 aliphatic heterocycles. The third-order valence-corrected chi connectivity index (χ3v) is 4.09. The standard InChI is InChI=1S/C9H10NO5P/c11-10(12)9-3-1-8(2-4-9)7-16(13)14-5-6-15-16/h1-4H,5-7H2. The van der Waals surface area contributed by atoms with Gasteiger partial charge in [0.25, 0.3) is 5.69 Å². The van der Waals surface area contributed by atoms with E-state index in [0.717, 1.165) is 0 Å². The first-order chi connectivity index (χ1) is 7.59. The molecule has 86 valence electrons. The number of benzene rings is 1. The lowest BCUT2D eigenvalue weighted by molar-refractivity contribution is -0.384. The van der Waals surface area contributed by atoms with Crippen molar-refractivity contribution in [2.75, 3.05) is 13.2 Å². The molecule has 0 aromatic heterocycles. The molecule has 0 radical (unpaired) electrons. The molecule has 0 unspecified atom stereocenters. The van der Waals surface area contributed by atoms with Gasteiger partial charge in [0.05, 0.1) is 24.3 Å². The fourth-order valence-electron chi connectivity index (χ4n) is 1.43. The van der Waals surface area contributed by atoms with Crippen LogP contribution in [0.4, 0.5) is 5.69 Å². The zero-order valence-corrected chi connectivity index (χ0v) is 9.26. The highest BCUT2D eigenvalue weighted by atomic mass is 31.2. The Hall–Kier alpha value is -1.23.